The Labute approximate surface area is 153 Å². The van der Waals surface area contributed by atoms with Crippen LogP contribution in [-0.4, -0.2) is 24.8 Å². The van der Waals surface area contributed by atoms with E-state index in [2.05, 4.69) is 33.4 Å². The number of nitrogens with one attached hydrogen (secondary N) is 1. The van der Waals surface area contributed by atoms with Crippen molar-refractivity contribution in [1.82, 2.24) is 5.32 Å². The van der Waals surface area contributed by atoms with Crippen LogP contribution < -0.4 is 10.1 Å². The fourth-order valence-corrected chi connectivity index (χ4v) is 2.99. The molecule has 0 aliphatic rings. The van der Waals surface area contributed by atoms with Crippen LogP contribution in [0.1, 0.15) is 5.56 Å². The van der Waals surface area contributed by atoms with E-state index < -0.39 is 0 Å². The smallest absolute Gasteiger partial charge is 0.230 e. The van der Waals surface area contributed by atoms with Crippen LogP contribution in [-0.2, 0) is 10.5 Å². The Morgan fingerprint density at radius 1 is 1.13 bits per heavy atom. The van der Waals surface area contributed by atoms with Crippen molar-refractivity contribution in [1.29, 1.82) is 0 Å². The predicted octanol–water partition coefficient (Wildman–Crippen LogP) is 4.53. The quantitative estimate of drug-likeness (QED) is 0.645. The third-order valence-corrected chi connectivity index (χ3v) is 4.71. The molecule has 0 aliphatic carbocycles. The number of ether oxygens (including phenoxy) is 1. The molecule has 0 saturated heterocycles. The van der Waals surface area contributed by atoms with E-state index >= 15 is 0 Å². The van der Waals surface area contributed by atoms with Gasteiger partial charge in [0.2, 0.25) is 5.91 Å². The molecule has 1 amide bonds. The Bertz CT molecular complexity index is 619. The molecule has 23 heavy (non-hydrogen) atoms. The summed E-state index contributed by atoms with van der Waals surface area (Å²) < 4.78 is 6.57. The molecular weight excluding hydrogens is 398 g/mol. The first-order valence-electron chi connectivity index (χ1n) is 7.11. The van der Waals surface area contributed by atoms with Crippen LogP contribution in [0.3, 0.4) is 0 Å². The van der Waals surface area contributed by atoms with Gasteiger partial charge in [0.15, 0.2) is 0 Å². The number of amides is 1. The lowest BCUT2D eigenvalue weighted by Crippen LogP contribution is -2.29. The molecule has 2 rings (SSSR count). The molecule has 0 saturated carbocycles. The second kappa shape index (κ2) is 9.85. The molecule has 0 spiro atoms. The number of thioether (sulfide) groups is 1. The van der Waals surface area contributed by atoms with Crippen LogP contribution in [0.25, 0.3) is 0 Å². The van der Waals surface area contributed by atoms with Crippen LogP contribution in [0, 0.1) is 0 Å². The first-order valence-corrected chi connectivity index (χ1v) is 9.43. The Hall–Kier alpha value is -1.17. The Kier molecular flexibility index (Phi) is 7.79. The van der Waals surface area contributed by atoms with Crippen molar-refractivity contribution in [3.63, 3.8) is 0 Å². The van der Waals surface area contributed by atoms with Gasteiger partial charge >= 0.3 is 0 Å². The molecule has 1 N–H and O–H groups in total. The lowest BCUT2D eigenvalue weighted by molar-refractivity contribution is -0.118. The minimum Gasteiger partial charge on any atom is -0.492 e. The highest BCUT2D eigenvalue weighted by molar-refractivity contribution is 9.10. The maximum absolute atomic E-state index is 11.7. The minimum absolute atomic E-state index is 0.0202. The third-order valence-electron chi connectivity index (χ3n) is 2.92. The van der Waals surface area contributed by atoms with Crippen molar-refractivity contribution < 1.29 is 9.53 Å². The van der Waals surface area contributed by atoms with E-state index in [0.717, 1.165) is 16.0 Å². The van der Waals surface area contributed by atoms with Gasteiger partial charge in [-0.1, -0.05) is 39.7 Å². The predicted molar refractivity (Wildman–Crippen MR) is 100 cm³/mol. The normalized spacial score (nSPS) is 10.3. The second-order valence-corrected chi connectivity index (χ2v) is 7.11. The Balaban J connectivity index is 1.56. The van der Waals surface area contributed by atoms with Crippen molar-refractivity contribution in [3.05, 3.63) is 63.6 Å². The van der Waals surface area contributed by atoms with E-state index in [9.17, 15) is 4.79 Å². The van der Waals surface area contributed by atoms with Crippen LogP contribution in [0.5, 0.6) is 5.75 Å². The summed E-state index contributed by atoms with van der Waals surface area (Å²) in [7, 11) is 0. The van der Waals surface area contributed by atoms with Crippen molar-refractivity contribution >= 4 is 45.2 Å². The number of rotatable bonds is 8. The number of halogens is 2. The molecule has 0 fully saturated rings. The van der Waals surface area contributed by atoms with Gasteiger partial charge in [-0.15, -0.1) is 11.8 Å². The molecule has 3 nitrogen and oxygen atoms in total. The summed E-state index contributed by atoms with van der Waals surface area (Å²) in [6.45, 7) is 0.922. The summed E-state index contributed by atoms with van der Waals surface area (Å²) in [5.41, 5.74) is 1.21. The maximum atomic E-state index is 11.7. The first-order chi connectivity index (χ1) is 11.1. The molecular formula is C17H17BrClNO2S. The minimum atomic E-state index is 0.0202. The lowest BCUT2D eigenvalue weighted by atomic mass is 10.2. The van der Waals surface area contributed by atoms with Crippen molar-refractivity contribution in [2.24, 2.45) is 0 Å². The van der Waals surface area contributed by atoms with Gasteiger partial charge in [0.05, 0.1) is 12.3 Å². The summed E-state index contributed by atoms with van der Waals surface area (Å²) in [5.74, 6) is 2.03. The SMILES string of the molecule is O=C(CSCc1ccc(Br)cc1)NCCOc1ccc(Cl)cc1. The molecule has 0 radical (unpaired) electrons. The molecule has 0 aliphatic heterocycles. The highest BCUT2D eigenvalue weighted by Gasteiger charge is 2.02. The largest absolute Gasteiger partial charge is 0.492 e. The Morgan fingerprint density at radius 2 is 1.83 bits per heavy atom. The molecule has 122 valence electrons. The second-order valence-electron chi connectivity index (χ2n) is 4.77. The topological polar surface area (TPSA) is 38.3 Å². The molecule has 2 aromatic rings. The summed E-state index contributed by atoms with van der Waals surface area (Å²) in [6, 6.07) is 15.3. The van der Waals surface area contributed by atoms with Gasteiger partial charge in [-0.3, -0.25) is 4.79 Å². The van der Waals surface area contributed by atoms with Gasteiger partial charge in [-0.2, -0.15) is 0 Å². The lowest BCUT2D eigenvalue weighted by Gasteiger charge is -2.08. The third kappa shape index (κ3) is 7.29. The van der Waals surface area contributed by atoms with E-state index in [1.165, 1.54) is 5.56 Å². The standard InChI is InChI=1S/C17H17BrClNO2S/c18-14-3-1-13(2-4-14)11-23-12-17(21)20-9-10-22-16-7-5-15(19)6-8-16/h1-8H,9-12H2,(H,20,21). The van der Waals surface area contributed by atoms with Crippen LogP contribution in [0.2, 0.25) is 5.02 Å². The maximum Gasteiger partial charge on any atom is 0.230 e. The fourth-order valence-electron chi connectivity index (χ4n) is 1.78. The highest BCUT2D eigenvalue weighted by Crippen LogP contribution is 2.16. The van der Waals surface area contributed by atoms with Crippen LogP contribution >= 0.6 is 39.3 Å². The highest BCUT2D eigenvalue weighted by atomic mass is 79.9. The zero-order chi connectivity index (χ0) is 16.5. The van der Waals surface area contributed by atoms with Crippen molar-refractivity contribution in [3.8, 4) is 5.75 Å². The van der Waals surface area contributed by atoms with Gasteiger partial charge in [0, 0.05) is 15.2 Å². The molecule has 0 heterocycles. The van der Waals surface area contributed by atoms with Crippen LogP contribution in [0.15, 0.2) is 53.0 Å². The zero-order valence-electron chi connectivity index (χ0n) is 12.4. The van der Waals surface area contributed by atoms with E-state index in [4.69, 9.17) is 16.3 Å². The van der Waals surface area contributed by atoms with Gasteiger partial charge in [-0.05, 0) is 42.0 Å². The van der Waals surface area contributed by atoms with Crippen molar-refractivity contribution in [2.45, 2.75) is 5.75 Å². The molecule has 0 bridgehead atoms. The monoisotopic (exact) mass is 413 g/mol. The zero-order valence-corrected chi connectivity index (χ0v) is 15.6. The van der Waals surface area contributed by atoms with E-state index in [1.807, 2.05) is 12.1 Å². The number of benzene rings is 2. The van der Waals surface area contributed by atoms with Crippen LogP contribution in [0.4, 0.5) is 0 Å². The molecule has 0 aromatic heterocycles. The fraction of sp³-hybridized carbons (Fsp3) is 0.235. The number of carbonyl (C=O) groups is 1. The van der Waals surface area contributed by atoms with Gasteiger partial charge in [0.1, 0.15) is 12.4 Å². The van der Waals surface area contributed by atoms with Gasteiger partial charge in [-0.25, -0.2) is 0 Å². The summed E-state index contributed by atoms with van der Waals surface area (Å²) in [6.07, 6.45) is 0. The Morgan fingerprint density at radius 3 is 2.52 bits per heavy atom. The van der Waals surface area contributed by atoms with E-state index in [1.54, 1.807) is 36.0 Å². The number of carbonyl (C=O) groups excluding carboxylic acids is 1. The number of hydrogen-bond acceptors (Lipinski definition) is 3. The van der Waals surface area contributed by atoms with Crippen molar-refractivity contribution in [2.75, 3.05) is 18.9 Å². The first kappa shape index (κ1) is 18.2. The summed E-state index contributed by atoms with van der Waals surface area (Å²) in [5, 5.41) is 3.52. The van der Waals surface area contributed by atoms with E-state index in [0.29, 0.717) is 23.9 Å². The molecule has 0 atom stereocenters. The summed E-state index contributed by atoms with van der Waals surface area (Å²) in [4.78, 5) is 11.7. The number of hydrogen-bond donors (Lipinski definition) is 1. The summed E-state index contributed by atoms with van der Waals surface area (Å²) >= 11 is 10.8. The van der Waals surface area contributed by atoms with E-state index in [-0.39, 0.29) is 5.91 Å². The molecule has 0 unspecified atom stereocenters. The van der Waals surface area contributed by atoms with Gasteiger partial charge < -0.3 is 10.1 Å². The van der Waals surface area contributed by atoms with Gasteiger partial charge in [0.25, 0.3) is 0 Å². The average molecular weight is 415 g/mol. The molecule has 2 aromatic carbocycles. The molecule has 6 heteroatoms. The average Bonchev–Trinajstić information content (AvgIpc) is 2.55.